The van der Waals surface area contributed by atoms with Crippen LogP contribution in [0.1, 0.15) is 18.9 Å². The van der Waals surface area contributed by atoms with Gasteiger partial charge < -0.3 is 15.3 Å². The zero-order chi connectivity index (χ0) is 15.1. The minimum Gasteiger partial charge on any atom is -0.481 e. The Morgan fingerprint density at radius 2 is 1.95 bits per heavy atom. The lowest BCUT2D eigenvalue weighted by Gasteiger charge is -2.19. The Morgan fingerprint density at radius 1 is 1.35 bits per heavy atom. The van der Waals surface area contributed by atoms with Crippen LogP contribution in [0.2, 0.25) is 0 Å². The fourth-order valence-corrected chi connectivity index (χ4v) is 1.70. The Kier molecular flexibility index (Phi) is 5.96. The average Bonchev–Trinajstić information content (AvgIpc) is 2.37. The van der Waals surface area contributed by atoms with Gasteiger partial charge in [0.1, 0.15) is 5.82 Å². The second-order valence-electron chi connectivity index (χ2n) is 4.87. The van der Waals surface area contributed by atoms with Crippen molar-refractivity contribution in [3.05, 3.63) is 35.6 Å². The number of aliphatic carboxylic acids is 1. The quantitative estimate of drug-likeness (QED) is 0.839. The van der Waals surface area contributed by atoms with Crippen LogP contribution in [-0.2, 0) is 11.3 Å². The van der Waals surface area contributed by atoms with Crippen LogP contribution in [0.3, 0.4) is 0 Å². The SMILES string of the molecule is CC(CNC(=O)N(C)Cc1ccc(F)cc1)CC(=O)O. The predicted octanol–water partition coefficient (Wildman–Crippen LogP) is 2.08. The smallest absolute Gasteiger partial charge is 0.317 e. The molecule has 0 bridgehead atoms. The average molecular weight is 282 g/mol. The Bertz CT molecular complexity index is 462. The molecule has 110 valence electrons. The Hall–Kier alpha value is -2.11. The van der Waals surface area contributed by atoms with Gasteiger partial charge in [-0.1, -0.05) is 19.1 Å². The van der Waals surface area contributed by atoms with Crippen LogP contribution in [-0.4, -0.2) is 35.6 Å². The number of nitrogens with zero attached hydrogens (tertiary/aromatic N) is 1. The van der Waals surface area contributed by atoms with E-state index in [0.717, 1.165) is 5.56 Å². The summed E-state index contributed by atoms with van der Waals surface area (Å²) in [7, 11) is 1.63. The first kappa shape index (κ1) is 15.9. The monoisotopic (exact) mass is 282 g/mol. The first-order valence-electron chi connectivity index (χ1n) is 6.33. The molecule has 0 fully saturated rings. The molecular formula is C14H19FN2O3. The molecule has 2 N–H and O–H groups in total. The highest BCUT2D eigenvalue weighted by atomic mass is 19.1. The largest absolute Gasteiger partial charge is 0.481 e. The Morgan fingerprint density at radius 3 is 2.50 bits per heavy atom. The number of nitrogens with one attached hydrogen (secondary N) is 1. The van der Waals surface area contributed by atoms with Crippen molar-refractivity contribution in [3.8, 4) is 0 Å². The highest BCUT2D eigenvalue weighted by Gasteiger charge is 2.12. The van der Waals surface area contributed by atoms with Crippen molar-refractivity contribution >= 4 is 12.0 Å². The van der Waals surface area contributed by atoms with Crippen LogP contribution in [0.15, 0.2) is 24.3 Å². The van der Waals surface area contributed by atoms with Gasteiger partial charge in [-0.05, 0) is 23.6 Å². The second kappa shape index (κ2) is 7.47. The molecule has 0 aliphatic heterocycles. The van der Waals surface area contributed by atoms with Crippen molar-refractivity contribution in [2.45, 2.75) is 19.9 Å². The second-order valence-corrected chi connectivity index (χ2v) is 4.87. The van der Waals surface area contributed by atoms with Gasteiger partial charge in [0.2, 0.25) is 0 Å². The van der Waals surface area contributed by atoms with Crippen molar-refractivity contribution in [1.29, 1.82) is 0 Å². The third kappa shape index (κ3) is 5.69. The molecule has 1 aromatic rings. The van der Waals surface area contributed by atoms with E-state index in [1.807, 2.05) is 0 Å². The minimum atomic E-state index is -0.883. The maximum absolute atomic E-state index is 12.8. The van der Waals surface area contributed by atoms with E-state index in [9.17, 15) is 14.0 Å². The Labute approximate surface area is 117 Å². The van der Waals surface area contributed by atoms with Crippen molar-refractivity contribution in [2.24, 2.45) is 5.92 Å². The molecule has 2 amide bonds. The van der Waals surface area contributed by atoms with Gasteiger partial charge >= 0.3 is 12.0 Å². The van der Waals surface area contributed by atoms with Gasteiger partial charge in [0, 0.05) is 26.6 Å². The molecule has 5 nitrogen and oxygen atoms in total. The maximum atomic E-state index is 12.8. The van der Waals surface area contributed by atoms with E-state index in [4.69, 9.17) is 5.11 Å². The molecule has 1 aromatic carbocycles. The molecule has 1 rings (SSSR count). The summed E-state index contributed by atoms with van der Waals surface area (Å²) in [6.07, 6.45) is 0.0158. The number of carboxylic acids is 1. The summed E-state index contributed by atoms with van der Waals surface area (Å²) in [6, 6.07) is 5.64. The number of carboxylic acid groups (broad SMARTS) is 1. The van der Waals surface area contributed by atoms with Gasteiger partial charge in [-0.25, -0.2) is 9.18 Å². The number of rotatable bonds is 6. The summed E-state index contributed by atoms with van der Waals surface area (Å²) >= 11 is 0. The fraction of sp³-hybridized carbons (Fsp3) is 0.429. The van der Waals surface area contributed by atoms with E-state index >= 15 is 0 Å². The van der Waals surface area contributed by atoms with E-state index in [1.165, 1.54) is 17.0 Å². The maximum Gasteiger partial charge on any atom is 0.317 e. The van der Waals surface area contributed by atoms with E-state index in [2.05, 4.69) is 5.32 Å². The normalized spacial score (nSPS) is 11.8. The van der Waals surface area contributed by atoms with Gasteiger partial charge in [0.05, 0.1) is 0 Å². The highest BCUT2D eigenvalue weighted by molar-refractivity contribution is 5.74. The third-order valence-corrected chi connectivity index (χ3v) is 2.80. The van der Waals surface area contributed by atoms with Crippen LogP contribution in [0, 0.1) is 11.7 Å². The van der Waals surface area contributed by atoms with Crippen LogP contribution in [0.4, 0.5) is 9.18 Å². The fourth-order valence-electron chi connectivity index (χ4n) is 1.70. The summed E-state index contributed by atoms with van der Waals surface area (Å²) < 4.78 is 12.8. The van der Waals surface area contributed by atoms with Gasteiger partial charge in [-0.2, -0.15) is 0 Å². The summed E-state index contributed by atoms with van der Waals surface area (Å²) in [5, 5.41) is 11.3. The molecule has 20 heavy (non-hydrogen) atoms. The first-order chi connectivity index (χ1) is 9.38. The Balaban J connectivity index is 2.39. The summed E-state index contributed by atoms with van der Waals surface area (Å²) in [6.45, 7) is 2.42. The molecule has 6 heteroatoms. The number of urea groups is 1. The molecular weight excluding hydrogens is 263 g/mol. The number of carbonyl (C=O) groups excluding carboxylic acids is 1. The molecule has 0 saturated heterocycles. The highest BCUT2D eigenvalue weighted by Crippen LogP contribution is 2.06. The van der Waals surface area contributed by atoms with Crippen LogP contribution >= 0.6 is 0 Å². The zero-order valence-corrected chi connectivity index (χ0v) is 11.6. The topological polar surface area (TPSA) is 69.6 Å². The summed E-state index contributed by atoms with van der Waals surface area (Å²) in [5.41, 5.74) is 0.822. The molecule has 1 unspecified atom stereocenters. The minimum absolute atomic E-state index is 0.0158. The lowest BCUT2D eigenvalue weighted by atomic mass is 10.1. The molecule has 0 saturated carbocycles. The van der Waals surface area contributed by atoms with Gasteiger partial charge in [0.25, 0.3) is 0 Å². The van der Waals surface area contributed by atoms with E-state index in [-0.39, 0.29) is 24.2 Å². The van der Waals surface area contributed by atoms with Crippen molar-refractivity contribution in [1.82, 2.24) is 10.2 Å². The predicted molar refractivity (Wildman–Crippen MR) is 72.7 cm³/mol. The van der Waals surface area contributed by atoms with Crippen molar-refractivity contribution in [3.63, 3.8) is 0 Å². The molecule has 0 aromatic heterocycles. The molecule has 0 aliphatic rings. The van der Waals surface area contributed by atoms with E-state index in [0.29, 0.717) is 13.1 Å². The van der Waals surface area contributed by atoms with E-state index < -0.39 is 5.97 Å². The lowest BCUT2D eigenvalue weighted by Crippen LogP contribution is -2.39. The third-order valence-electron chi connectivity index (χ3n) is 2.80. The lowest BCUT2D eigenvalue weighted by molar-refractivity contribution is -0.137. The number of hydrogen-bond donors (Lipinski definition) is 2. The van der Waals surface area contributed by atoms with Crippen LogP contribution in [0.5, 0.6) is 0 Å². The van der Waals surface area contributed by atoms with Crippen LogP contribution < -0.4 is 5.32 Å². The summed E-state index contributed by atoms with van der Waals surface area (Å²) in [4.78, 5) is 23.8. The van der Waals surface area contributed by atoms with Crippen molar-refractivity contribution < 1.29 is 19.1 Å². The van der Waals surface area contributed by atoms with Crippen LogP contribution in [0.25, 0.3) is 0 Å². The molecule has 0 aliphatic carbocycles. The number of carbonyl (C=O) groups is 2. The van der Waals surface area contributed by atoms with Gasteiger partial charge in [0.15, 0.2) is 0 Å². The number of hydrogen-bond acceptors (Lipinski definition) is 2. The number of halogens is 1. The van der Waals surface area contributed by atoms with Gasteiger partial charge in [-0.3, -0.25) is 4.79 Å². The number of benzene rings is 1. The molecule has 0 heterocycles. The molecule has 1 atom stereocenters. The van der Waals surface area contributed by atoms with Crippen molar-refractivity contribution in [2.75, 3.05) is 13.6 Å². The molecule has 0 radical (unpaired) electrons. The zero-order valence-electron chi connectivity index (χ0n) is 11.6. The molecule has 0 spiro atoms. The van der Waals surface area contributed by atoms with Gasteiger partial charge in [-0.15, -0.1) is 0 Å². The number of amides is 2. The first-order valence-corrected chi connectivity index (χ1v) is 6.33. The van der Waals surface area contributed by atoms with E-state index in [1.54, 1.807) is 26.1 Å². The standard InChI is InChI=1S/C14H19FN2O3/c1-10(7-13(18)19)8-16-14(20)17(2)9-11-3-5-12(15)6-4-11/h3-6,10H,7-9H2,1-2H3,(H,16,20)(H,18,19). The summed E-state index contributed by atoms with van der Waals surface area (Å²) in [5.74, 6) is -1.33.